The highest BCUT2D eigenvalue weighted by atomic mass is 32.2. The van der Waals surface area contributed by atoms with E-state index in [0.717, 1.165) is 0 Å². The molecule has 0 unspecified atom stereocenters. The highest BCUT2D eigenvalue weighted by Crippen LogP contribution is 2.27. The number of aryl methyl sites for hydroxylation is 1. The molecule has 0 aromatic carbocycles. The summed E-state index contributed by atoms with van der Waals surface area (Å²) in [5.41, 5.74) is 0.376. The van der Waals surface area contributed by atoms with Gasteiger partial charge < -0.3 is 5.11 Å². The maximum atomic E-state index is 12.0. The number of aliphatic hydroxyl groups is 1. The minimum Gasteiger partial charge on any atom is -0.391 e. The van der Waals surface area contributed by atoms with Gasteiger partial charge in [0.1, 0.15) is 4.90 Å². The molecule has 2 aromatic heterocycles. The van der Waals surface area contributed by atoms with E-state index in [4.69, 9.17) is 5.11 Å². The third kappa shape index (κ3) is 2.48. The predicted octanol–water partition coefficient (Wildman–Crippen LogP) is 1.07. The third-order valence-electron chi connectivity index (χ3n) is 2.12. The van der Waals surface area contributed by atoms with Gasteiger partial charge in [-0.05, 0) is 13.0 Å². The lowest BCUT2D eigenvalue weighted by molar-refractivity contribution is 0.285. The summed E-state index contributed by atoms with van der Waals surface area (Å²) in [5, 5.41) is 15.2. The number of nitrogens with zero attached hydrogens (tertiary/aromatic N) is 1. The fraction of sp³-hybridized carbons (Fsp3) is 0.222. The summed E-state index contributed by atoms with van der Waals surface area (Å²) < 4.78 is 26.4. The number of rotatable bonds is 4. The topological polar surface area (TPSA) is 95.1 Å². The Kier molecular flexibility index (Phi) is 3.18. The van der Waals surface area contributed by atoms with Crippen molar-refractivity contribution >= 4 is 27.0 Å². The predicted molar refractivity (Wildman–Crippen MR) is 64.4 cm³/mol. The first-order valence-corrected chi connectivity index (χ1v) is 7.04. The van der Waals surface area contributed by atoms with Gasteiger partial charge >= 0.3 is 0 Å². The van der Waals surface area contributed by atoms with E-state index in [1.165, 1.54) is 29.8 Å². The molecule has 2 aromatic rings. The van der Waals surface area contributed by atoms with Crippen LogP contribution in [0.5, 0.6) is 0 Å². The summed E-state index contributed by atoms with van der Waals surface area (Å²) >= 11 is 1.26. The van der Waals surface area contributed by atoms with Crippen LogP contribution in [0.3, 0.4) is 0 Å². The van der Waals surface area contributed by atoms with Gasteiger partial charge in [0.25, 0.3) is 10.0 Å². The van der Waals surface area contributed by atoms with Gasteiger partial charge in [-0.3, -0.25) is 9.82 Å². The molecule has 17 heavy (non-hydrogen) atoms. The van der Waals surface area contributed by atoms with Crippen LogP contribution in [0.2, 0.25) is 0 Å². The number of anilines is 1. The first kappa shape index (κ1) is 12.1. The molecule has 2 rings (SSSR count). The van der Waals surface area contributed by atoms with Crippen molar-refractivity contribution in [2.24, 2.45) is 0 Å². The number of hydrogen-bond acceptors (Lipinski definition) is 5. The van der Waals surface area contributed by atoms with Crippen molar-refractivity contribution in [2.45, 2.75) is 18.4 Å². The molecule has 0 fully saturated rings. The molecule has 2 heterocycles. The van der Waals surface area contributed by atoms with E-state index in [1.807, 2.05) is 0 Å². The lowest BCUT2D eigenvalue weighted by atomic mass is 10.4. The minimum atomic E-state index is -3.61. The Morgan fingerprint density at radius 3 is 2.88 bits per heavy atom. The molecule has 0 saturated heterocycles. The number of thiophene rings is 1. The van der Waals surface area contributed by atoms with Crippen molar-refractivity contribution in [3.63, 3.8) is 0 Å². The quantitative estimate of drug-likeness (QED) is 0.776. The molecule has 92 valence electrons. The maximum absolute atomic E-state index is 12.0. The average molecular weight is 273 g/mol. The second kappa shape index (κ2) is 4.47. The van der Waals surface area contributed by atoms with Crippen LogP contribution < -0.4 is 4.72 Å². The van der Waals surface area contributed by atoms with Crippen molar-refractivity contribution < 1.29 is 13.5 Å². The van der Waals surface area contributed by atoms with E-state index >= 15 is 0 Å². The van der Waals surface area contributed by atoms with E-state index in [0.29, 0.717) is 15.4 Å². The number of H-pyrrole nitrogens is 1. The molecular weight excluding hydrogens is 262 g/mol. The number of sulfonamides is 1. The number of aromatic amines is 1. The SMILES string of the molecule is Cc1sc(CO)cc1S(=O)(=O)Nc1cn[nH]c1. The highest BCUT2D eigenvalue weighted by molar-refractivity contribution is 7.93. The molecule has 3 N–H and O–H groups in total. The van der Waals surface area contributed by atoms with Gasteiger partial charge in [0.15, 0.2) is 0 Å². The molecule has 0 aliphatic rings. The van der Waals surface area contributed by atoms with Crippen molar-refractivity contribution in [3.8, 4) is 0 Å². The Morgan fingerprint density at radius 2 is 2.35 bits per heavy atom. The summed E-state index contributed by atoms with van der Waals surface area (Å²) in [7, 11) is -3.61. The molecule has 0 aliphatic heterocycles. The van der Waals surface area contributed by atoms with Crippen molar-refractivity contribution in [2.75, 3.05) is 4.72 Å². The second-order valence-electron chi connectivity index (χ2n) is 3.38. The van der Waals surface area contributed by atoms with E-state index in [9.17, 15) is 8.42 Å². The number of aliphatic hydroxyl groups excluding tert-OH is 1. The molecule has 0 amide bonds. The lowest BCUT2D eigenvalue weighted by Gasteiger charge is -2.04. The van der Waals surface area contributed by atoms with Crippen molar-refractivity contribution in [3.05, 3.63) is 28.2 Å². The van der Waals surface area contributed by atoms with E-state index < -0.39 is 10.0 Å². The smallest absolute Gasteiger partial charge is 0.263 e. The highest BCUT2D eigenvalue weighted by Gasteiger charge is 2.20. The molecule has 0 spiro atoms. The molecule has 6 nitrogen and oxygen atoms in total. The first-order valence-electron chi connectivity index (χ1n) is 4.74. The first-order chi connectivity index (χ1) is 8.03. The molecule has 0 aliphatic carbocycles. The zero-order chi connectivity index (χ0) is 12.5. The van der Waals surface area contributed by atoms with E-state index in [2.05, 4.69) is 14.9 Å². The molecule has 0 atom stereocenters. The normalized spacial score (nSPS) is 11.6. The van der Waals surface area contributed by atoms with E-state index in [1.54, 1.807) is 6.92 Å². The fourth-order valence-corrected chi connectivity index (χ4v) is 3.92. The average Bonchev–Trinajstić information content (AvgIpc) is 2.86. The summed E-state index contributed by atoms with van der Waals surface area (Å²) in [6.45, 7) is 1.54. The van der Waals surface area contributed by atoms with Gasteiger partial charge in [0.05, 0.1) is 18.5 Å². The fourth-order valence-electron chi connectivity index (χ4n) is 1.39. The number of nitrogens with one attached hydrogen (secondary N) is 2. The van der Waals surface area contributed by atoms with Gasteiger partial charge in [-0.1, -0.05) is 0 Å². The van der Waals surface area contributed by atoms with Crippen molar-refractivity contribution in [1.82, 2.24) is 10.2 Å². The summed E-state index contributed by atoms with van der Waals surface area (Å²) in [5.74, 6) is 0. The van der Waals surface area contributed by atoms with Gasteiger partial charge in [0, 0.05) is 16.0 Å². The van der Waals surface area contributed by atoms with Crippen LogP contribution in [-0.4, -0.2) is 23.7 Å². The summed E-state index contributed by atoms with van der Waals surface area (Å²) in [6, 6.07) is 1.47. The maximum Gasteiger partial charge on any atom is 0.263 e. The van der Waals surface area contributed by atoms with Crippen LogP contribution in [0.4, 0.5) is 5.69 Å². The Labute approximate surface area is 102 Å². The second-order valence-corrected chi connectivity index (χ2v) is 6.38. The van der Waals surface area contributed by atoms with E-state index in [-0.39, 0.29) is 11.5 Å². The van der Waals surface area contributed by atoms with Gasteiger partial charge in [-0.15, -0.1) is 11.3 Å². The Hall–Kier alpha value is -1.38. The minimum absolute atomic E-state index is 0.160. The van der Waals surface area contributed by atoms with Gasteiger partial charge in [-0.25, -0.2) is 8.42 Å². The van der Waals surface area contributed by atoms with Gasteiger partial charge in [-0.2, -0.15) is 5.10 Å². The number of aromatic nitrogens is 2. The molecule has 0 bridgehead atoms. The monoisotopic (exact) mass is 273 g/mol. The third-order valence-corrected chi connectivity index (χ3v) is 4.79. The molecule has 0 saturated carbocycles. The zero-order valence-electron chi connectivity index (χ0n) is 8.97. The van der Waals surface area contributed by atoms with Crippen molar-refractivity contribution in [1.29, 1.82) is 0 Å². The van der Waals surface area contributed by atoms with Gasteiger partial charge in [0.2, 0.25) is 0 Å². The summed E-state index contributed by atoms with van der Waals surface area (Å²) in [4.78, 5) is 1.45. The molecule has 0 radical (unpaired) electrons. The Balaban J connectivity index is 2.34. The summed E-state index contributed by atoms with van der Waals surface area (Å²) in [6.07, 6.45) is 2.83. The Bertz CT molecular complexity index is 601. The lowest BCUT2D eigenvalue weighted by Crippen LogP contribution is -2.12. The van der Waals surface area contributed by atoms with Crippen LogP contribution in [0.15, 0.2) is 23.4 Å². The Morgan fingerprint density at radius 1 is 1.59 bits per heavy atom. The standard InChI is InChI=1S/C9H11N3O3S2/c1-6-9(2-8(5-13)16-6)17(14,15)12-7-3-10-11-4-7/h2-4,12-13H,5H2,1H3,(H,10,11). The van der Waals surface area contributed by atoms with Crippen LogP contribution in [0.1, 0.15) is 9.75 Å². The van der Waals surface area contributed by atoms with Crippen LogP contribution in [-0.2, 0) is 16.6 Å². The van der Waals surface area contributed by atoms with Crippen LogP contribution in [0, 0.1) is 6.92 Å². The molecule has 8 heteroatoms. The largest absolute Gasteiger partial charge is 0.391 e. The molecular formula is C9H11N3O3S2. The van der Waals surface area contributed by atoms with Crippen LogP contribution >= 0.6 is 11.3 Å². The van der Waals surface area contributed by atoms with Crippen LogP contribution in [0.25, 0.3) is 0 Å². The zero-order valence-corrected chi connectivity index (χ0v) is 10.6. The number of hydrogen-bond donors (Lipinski definition) is 3.